The minimum absolute atomic E-state index is 0.00614. The van der Waals surface area contributed by atoms with E-state index in [1.807, 2.05) is 0 Å². The molecule has 0 fully saturated rings. The molecule has 2 aromatic carbocycles. The highest BCUT2D eigenvalue weighted by atomic mass is 35.5. The molecule has 0 radical (unpaired) electrons. The summed E-state index contributed by atoms with van der Waals surface area (Å²) in [6.07, 6.45) is 0. The van der Waals surface area contributed by atoms with Gasteiger partial charge in [-0.2, -0.15) is 0 Å². The predicted octanol–water partition coefficient (Wildman–Crippen LogP) is 4.93. The second kappa shape index (κ2) is 5.81. The van der Waals surface area contributed by atoms with Gasteiger partial charge >= 0.3 is 0 Å². The van der Waals surface area contributed by atoms with Crippen LogP contribution in [0.1, 0.15) is 5.56 Å². The average Bonchev–Trinajstić information content (AvgIpc) is 2.37. The molecule has 0 aliphatic heterocycles. The van der Waals surface area contributed by atoms with Crippen molar-refractivity contribution in [3.05, 3.63) is 57.0 Å². The van der Waals surface area contributed by atoms with Crippen molar-refractivity contribution in [2.75, 3.05) is 0 Å². The van der Waals surface area contributed by atoms with Gasteiger partial charge in [-0.25, -0.2) is 0 Å². The molecule has 2 aromatic rings. The Labute approximate surface area is 120 Å². The zero-order valence-corrected chi connectivity index (χ0v) is 11.4. The van der Waals surface area contributed by atoms with E-state index in [0.717, 1.165) is 5.56 Å². The molecule has 0 aromatic heterocycles. The summed E-state index contributed by atoms with van der Waals surface area (Å²) in [4.78, 5) is 0. The third-order valence-electron chi connectivity index (χ3n) is 2.31. The van der Waals surface area contributed by atoms with Gasteiger partial charge < -0.3 is 9.84 Å². The average molecular weight is 304 g/mol. The van der Waals surface area contributed by atoms with E-state index in [-0.39, 0.29) is 6.61 Å². The molecule has 0 spiro atoms. The molecule has 94 valence electrons. The molecule has 0 aliphatic carbocycles. The van der Waals surface area contributed by atoms with Crippen LogP contribution in [0.4, 0.5) is 0 Å². The quantitative estimate of drug-likeness (QED) is 0.815. The van der Waals surface area contributed by atoms with Crippen LogP contribution in [0.3, 0.4) is 0 Å². The molecule has 2 rings (SSSR count). The molecule has 0 saturated carbocycles. The lowest BCUT2D eigenvalue weighted by Crippen LogP contribution is -1.87. The number of hydrogen-bond acceptors (Lipinski definition) is 2. The van der Waals surface area contributed by atoms with E-state index in [4.69, 9.17) is 44.6 Å². The topological polar surface area (TPSA) is 29.5 Å². The molecular weight excluding hydrogens is 294 g/mol. The summed E-state index contributed by atoms with van der Waals surface area (Å²) in [5.41, 5.74) is 0.808. The van der Waals surface area contributed by atoms with E-state index in [1.54, 1.807) is 30.3 Å². The molecule has 0 heterocycles. The summed E-state index contributed by atoms with van der Waals surface area (Å²) in [6.45, 7) is -0.00614. The third-order valence-corrected chi connectivity index (χ3v) is 3.33. The highest BCUT2D eigenvalue weighted by Gasteiger charge is 2.08. The third kappa shape index (κ3) is 3.09. The van der Waals surface area contributed by atoms with E-state index in [2.05, 4.69) is 0 Å². The van der Waals surface area contributed by atoms with Crippen LogP contribution < -0.4 is 4.74 Å². The van der Waals surface area contributed by atoms with Crippen molar-refractivity contribution in [1.29, 1.82) is 0 Å². The fraction of sp³-hybridized carbons (Fsp3) is 0.0769. The Morgan fingerprint density at radius 3 is 2.11 bits per heavy atom. The summed E-state index contributed by atoms with van der Waals surface area (Å²) >= 11 is 17.7. The first-order valence-corrected chi connectivity index (χ1v) is 6.25. The monoisotopic (exact) mass is 302 g/mol. The molecule has 0 atom stereocenters. The summed E-state index contributed by atoms with van der Waals surface area (Å²) in [5.74, 6) is 1.04. The SMILES string of the molecule is OCc1ccc(Oc2cc(Cl)c(Cl)cc2Cl)cc1. The summed E-state index contributed by atoms with van der Waals surface area (Å²) in [6, 6.07) is 10.1. The Hall–Kier alpha value is -0.930. The Morgan fingerprint density at radius 2 is 1.50 bits per heavy atom. The van der Waals surface area contributed by atoms with Gasteiger partial charge in [0.25, 0.3) is 0 Å². The van der Waals surface area contributed by atoms with Gasteiger partial charge in [0.05, 0.1) is 21.7 Å². The summed E-state index contributed by atoms with van der Waals surface area (Å²) < 4.78 is 5.59. The van der Waals surface area contributed by atoms with E-state index >= 15 is 0 Å². The van der Waals surface area contributed by atoms with Crippen LogP contribution in [-0.4, -0.2) is 5.11 Å². The minimum atomic E-state index is -0.00614. The maximum absolute atomic E-state index is 8.94. The number of benzene rings is 2. The van der Waals surface area contributed by atoms with E-state index < -0.39 is 0 Å². The van der Waals surface area contributed by atoms with Crippen LogP contribution in [0.2, 0.25) is 15.1 Å². The van der Waals surface area contributed by atoms with Gasteiger partial charge in [-0.05, 0) is 23.8 Å². The second-order valence-corrected chi connectivity index (χ2v) is 4.82. The van der Waals surface area contributed by atoms with Crippen molar-refractivity contribution in [3.63, 3.8) is 0 Å². The second-order valence-electron chi connectivity index (χ2n) is 3.60. The number of aliphatic hydroxyl groups excluding tert-OH is 1. The number of halogens is 3. The molecule has 0 bridgehead atoms. The molecule has 0 saturated heterocycles. The first-order chi connectivity index (χ1) is 8.60. The molecular formula is C13H9Cl3O2. The zero-order valence-electron chi connectivity index (χ0n) is 9.16. The lowest BCUT2D eigenvalue weighted by atomic mass is 10.2. The Kier molecular flexibility index (Phi) is 4.36. The Morgan fingerprint density at radius 1 is 0.889 bits per heavy atom. The first kappa shape index (κ1) is 13.5. The van der Waals surface area contributed by atoms with Gasteiger partial charge in [0.15, 0.2) is 0 Å². The van der Waals surface area contributed by atoms with Gasteiger partial charge in [0.2, 0.25) is 0 Å². The first-order valence-electron chi connectivity index (χ1n) is 5.12. The van der Waals surface area contributed by atoms with Crippen LogP contribution in [-0.2, 0) is 6.61 Å². The number of aliphatic hydroxyl groups is 1. The van der Waals surface area contributed by atoms with Crippen molar-refractivity contribution >= 4 is 34.8 Å². The Bertz CT molecular complexity index is 553. The van der Waals surface area contributed by atoms with Crippen molar-refractivity contribution < 1.29 is 9.84 Å². The lowest BCUT2D eigenvalue weighted by Gasteiger charge is -2.09. The predicted molar refractivity (Wildman–Crippen MR) is 73.9 cm³/mol. The van der Waals surface area contributed by atoms with E-state index in [9.17, 15) is 0 Å². The number of ether oxygens (including phenoxy) is 1. The smallest absolute Gasteiger partial charge is 0.147 e. The molecule has 0 amide bonds. The van der Waals surface area contributed by atoms with Gasteiger partial charge in [0.1, 0.15) is 11.5 Å². The van der Waals surface area contributed by atoms with Gasteiger partial charge in [0, 0.05) is 6.07 Å². The normalized spacial score (nSPS) is 10.4. The molecule has 0 unspecified atom stereocenters. The van der Waals surface area contributed by atoms with Gasteiger partial charge in [-0.3, -0.25) is 0 Å². The molecule has 0 aliphatic rings. The highest BCUT2D eigenvalue weighted by Crippen LogP contribution is 2.36. The maximum atomic E-state index is 8.94. The summed E-state index contributed by atoms with van der Waals surface area (Å²) in [5, 5.41) is 10.1. The lowest BCUT2D eigenvalue weighted by molar-refractivity contribution is 0.281. The van der Waals surface area contributed by atoms with Gasteiger partial charge in [-0.15, -0.1) is 0 Å². The van der Waals surface area contributed by atoms with Crippen molar-refractivity contribution in [1.82, 2.24) is 0 Å². The van der Waals surface area contributed by atoms with Crippen LogP contribution in [0.25, 0.3) is 0 Å². The largest absolute Gasteiger partial charge is 0.456 e. The van der Waals surface area contributed by atoms with E-state index in [1.165, 1.54) is 6.07 Å². The van der Waals surface area contributed by atoms with Crippen molar-refractivity contribution in [2.24, 2.45) is 0 Å². The fourth-order valence-electron chi connectivity index (χ4n) is 1.37. The van der Waals surface area contributed by atoms with Crippen molar-refractivity contribution in [2.45, 2.75) is 6.61 Å². The zero-order chi connectivity index (χ0) is 13.1. The maximum Gasteiger partial charge on any atom is 0.147 e. The molecule has 5 heteroatoms. The molecule has 18 heavy (non-hydrogen) atoms. The standard InChI is InChI=1S/C13H9Cl3O2/c14-10-5-12(16)13(6-11(10)15)18-9-3-1-8(7-17)2-4-9/h1-6,17H,7H2. The van der Waals surface area contributed by atoms with Crippen LogP contribution >= 0.6 is 34.8 Å². The fourth-order valence-corrected chi connectivity index (χ4v) is 1.95. The van der Waals surface area contributed by atoms with Crippen molar-refractivity contribution in [3.8, 4) is 11.5 Å². The number of rotatable bonds is 3. The highest BCUT2D eigenvalue weighted by molar-refractivity contribution is 6.43. The van der Waals surface area contributed by atoms with Gasteiger partial charge in [-0.1, -0.05) is 46.9 Å². The molecule has 2 nitrogen and oxygen atoms in total. The summed E-state index contributed by atoms with van der Waals surface area (Å²) in [7, 11) is 0. The van der Waals surface area contributed by atoms with Crippen LogP contribution in [0.5, 0.6) is 11.5 Å². The molecule has 1 N–H and O–H groups in total. The number of hydrogen-bond donors (Lipinski definition) is 1. The Balaban J connectivity index is 2.25. The van der Waals surface area contributed by atoms with Crippen LogP contribution in [0, 0.1) is 0 Å². The minimum Gasteiger partial charge on any atom is -0.456 e. The van der Waals surface area contributed by atoms with Crippen LogP contribution in [0.15, 0.2) is 36.4 Å². The van der Waals surface area contributed by atoms with E-state index in [0.29, 0.717) is 26.6 Å².